The quantitative estimate of drug-likeness (QED) is 0.483. The summed E-state index contributed by atoms with van der Waals surface area (Å²) in [7, 11) is 3.19. The highest BCUT2D eigenvalue weighted by Crippen LogP contribution is 2.10. The van der Waals surface area contributed by atoms with Crippen molar-refractivity contribution in [3.05, 3.63) is 17.5 Å². The molecule has 1 aromatic rings. The van der Waals surface area contributed by atoms with Crippen LogP contribution in [0.4, 0.5) is 0 Å². The lowest BCUT2D eigenvalue weighted by Crippen LogP contribution is -2.17. The minimum absolute atomic E-state index is 0.245. The second-order valence-electron chi connectivity index (χ2n) is 4.47. The van der Waals surface area contributed by atoms with Gasteiger partial charge in [-0.2, -0.15) is 5.10 Å². The standard InChI is InChI=1S/C14H24N2O4/c1-4-5-6-12-11-13(14(17)20-10-9-19-3)16(15-12)7-8-18-2/h11H,4-10H2,1-3H3. The summed E-state index contributed by atoms with van der Waals surface area (Å²) in [5, 5.41) is 4.44. The number of aryl methyl sites for hydroxylation is 1. The average Bonchev–Trinajstić information content (AvgIpc) is 2.86. The number of ether oxygens (including phenoxy) is 3. The molecule has 1 rings (SSSR count). The molecule has 6 nitrogen and oxygen atoms in total. The van der Waals surface area contributed by atoms with Crippen LogP contribution in [0.3, 0.4) is 0 Å². The van der Waals surface area contributed by atoms with E-state index in [4.69, 9.17) is 14.2 Å². The number of methoxy groups -OCH3 is 2. The topological polar surface area (TPSA) is 62.6 Å². The van der Waals surface area contributed by atoms with Gasteiger partial charge in [0.1, 0.15) is 12.3 Å². The first-order chi connectivity index (χ1) is 9.72. The Hall–Kier alpha value is -1.40. The molecule has 20 heavy (non-hydrogen) atoms. The number of hydrogen-bond donors (Lipinski definition) is 0. The van der Waals surface area contributed by atoms with E-state index >= 15 is 0 Å². The molecule has 0 aliphatic carbocycles. The predicted molar refractivity (Wildman–Crippen MR) is 74.9 cm³/mol. The van der Waals surface area contributed by atoms with Gasteiger partial charge < -0.3 is 14.2 Å². The first-order valence-corrected chi connectivity index (χ1v) is 6.94. The maximum absolute atomic E-state index is 12.0. The highest BCUT2D eigenvalue weighted by atomic mass is 16.6. The van der Waals surface area contributed by atoms with Gasteiger partial charge >= 0.3 is 5.97 Å². The van der Waals surface area contributed by atoms with Crippen LogP contribution >= 0.6 is 0 Å². The number of carbonyl (C=O) groups excluding carboxylic acids is 1. The van der Waals surface area contributed by atoms with Crippen LogP contribution in [0.1, 0.15) is 35.9 Å². The molecule has 1 heterocycles. The summed E-state index contributed by atoms with van der Waals surface area (Å²) in [6.07, 6.45) is 3.02. The molecule has 0 unspecified atom stereocenters. The van der Waals surface area contributed by atoms with Crippen LogP contribution in [0.25, 0.3) is 0 Å². The fourth-order valence-corrected chi connectivity index (χ4v) is 1.75. The van der Waals surface area contributed by atoms with Crippen LogP contribution in [-0.4, -0.2) is 49.8 Å². The average molecular weight is 284 g/mol. The predicted octanol–water partition coefficient (Wildman–Crippen LogP) is 1.68. The van der Waals surface area contributed by atoms with Gasteiger partial charge in [0.05, 0.1) is 25.5 Å². The van der Waals surface area contributed by atoms with Crippen LogP contribution in [0.5, 0.6) is 0 Å². The van der Waals surface area contributed by atoms with Crippen molar-refractivity contribution in [1.29, 1.82) is 0 Å². The molecule has 6 heteroatoms. The van der Waals surface area contributed by atoms with E-state index in [2.05, 4.69) is 12.0 Å². The third-order valence-electron chi connectivity index (χ3n) is 2.85. The summed E-state index contributed by atoms with van der Waals surface area (Å²) in [4.78, 5) is 12.0. The van der Waals surface area contributed by atoms with Gasteiger partial charge in [-0.15, -0.1) is 0 Å². The molecule has 0 N–H and O–H groups in total. The van der Waals surface area contributed by atoms with E-state index < -0.39 is 0 Å². The highest BCUT2D eigenvalue weighted by Gasteiger charge is 2.16. The number of hydrogen-bond acceptors (Lipinski definition) is 5. The number of rotatable bonds is 10. The molecule has 0 radical (unpaired) electrons. The smallest absolute Gasteiger partial charge is 0.356 e. The molecule has 0 atom stereocenters. The van der Waals surface area contributed by atoms with Gasteiger partial charge in [0.15, 0.2) is 0 Å². The third-order valence-corrected chi connectivity index (χ3v) is 2.85. The molecular weight excluding hydrogens is 260 g/mol. The van der Waals surface area contributed by atoms with Crippen LogP contribution in [0.2, 0.25) is 0 Å². The van der Waals surface area contributed by atoms with Crippen LogP contribution in [0, 0.1) is 0 Å². The second kappa shape index (κ2) is 9.50. The van der Waals surface area contributed by atoms with Crippen molar-refractivity contribution in [2.45, 2.75) is 32.7 Å². The van der Waals surface area contributed by atoms with Crippen molar-refractivity contribution in [2.24, 2.45) is 0 Å². The molecule has 0 saturated heterocycles. The number of aromatic nitrogens is 2. The van der Waals surface area contributed by atoms with Gasteiger partial charge in [-0.1, -0.05) is 13.3 Å². The molecule has 0 fully saturated rings. The van der Waals surface area contributed by atoms with Crippen molar-refractivity contribution in [3.63, 3.8) is 0 Å². The van der Waals surface area contributed by atoms with Crippen molar-refractivity contribution >= 4 is 5.97 Å². The Morgan fingerprint density at radius 2 is 2.00 bits per heavy atom. The maximum atomic E-state index is 12.0. The summed E-state index contributed by atoms with van der Waals surface area (Å²) in [6, 6.07) is 1.81. The van der Waals surface area contributed by atoms with E-state index in [0.717, 1.165) is 25.0 Å². The summed E-state index contributed by atoms with van der Waals surface area (Å²) < 4.78 is 16.7. The van der Waals surface area contributed by atoms with Gasteiger partial charge in [0, 0.05) is 14.2 Å². The first-order valence-electron chi connectivity index (χ1n) is 6.94. The Morgan fingerprint density at radius 1 is 1.25 bits per heavy atom. The van der Waals surface area contributed by atoms with E-state index in [-0.39, 0.29) is 12.6 Å². The minimum atomic E-state index is -0.367. The van der Waals surface area contributed by atoms with Crippen LogP contribution in [-0.2, 0) is 27.2 Å². The normalized spacial score (nSPS) is 10.8. The summed E-state index contributed by atoms with van der Waals surface area (Å²) in [6.45, 7) is 3.81. The highest BCUT2D eigenvalue weighted by molar-refractivity contribution is 5.87. The molecular formula is C14H24N2O4. The monoisotopic (exact) mass is 284 g/mol. The largest absolute Gasteiger partial charge is 0.459 e. The molecule has 1 aromatic heterocycles. The minimum Gasteiger partial charge on any atom is -0.459 e. The van der Waals surface area contributed by atoms with E-state index in [1.807, 2.05) is 0 Å². The Kier molecular flexibility index (Phi) is 7.91. The van der Waals surface area contributed by atoms with Gasteiger partial charge in [0.25, 0.3) is 0 Å². The number of carbonyl (C=O) groups is 1. The molecule has 0 aliphatic rings. The van der Waals surface area contributed by atoms with Gasteiger partial charge in [-0.05, 0) is 18.9 Å². The Balaban J connectivity index is 2.73. The number of esters is 1. The summed E-state index contributed by atoms with van der Waals surface area (Å²) in [5.74, 6) is -0.367. The molecule has 0 aliphatic heterocycles. The van der Waals surface area contributed by atoms with E-state index in [1.165, 1.54) is 0 Å². The van der Waals surface area contributed by atoms with Crippen molar-refractivity contribution in [3.8, 4) is 0 Å². The van der Waals surface area contributed by atoms with E-state index in [9.17, 15) is 4.79 Å². The van der Waals surface area contributed by atoms with Gasteiger partial charge in [-0.25, -0.2) is 4.79 Å². The zero-order chi connectivity index (χ0) is 14.8. The summed E-state index contributed by atoms with van der Waals surface area (Å²) in [5.41, 5.74) is 1.39. The Bertz CT molecular complexity index is 404. The van der Waals surface area contributed by atoms with Crippen LogP contribution < -0.4 is 0 Å². The van der Waals surface area contributed by atoms with E-state index in [0.29, 0.717) is 25.5 Å². The van der Waals surface area contributed by atoms with Gasteiger partial charge in [0.2, 0.25) is 0 Å². The third kappa shape index (κ3) is 5.30. The lowest BCUT2D eigenvalue weighted by molar-refractivity contribution is 0.0372. The zero-order valence-electron chi connectivity index (χ0n) is 12.6. The molecule has 0 saturated carbocycles. The first kappa shape index (κ1) is 16.7. The zero-order valence-corrected chi connectivity index (χ0v) is 12.6. The fourth-order valence-electron chi connectivity index (χ4n) is 1.75. The van der Waals surface area contributed by atoms with Gasteiger partial charge in [-0.3, -0.25) is 4.68 Å². The lowest BCUT2D eigenvalue weighted by Gasteiger charge is -2.06. The lowest BCUT2D eigenvalue weighted by atomic mass is 10.2. The Morgan fingerprint density at radius 3 is 2.65 bits per heavy atom. The number of unbranched alkanes of at least 4 members (excludes halogenated alkanes) is 1. The molecule has 0 amide bonds. The van der Waals surface area contributed by atoms with E-state index in [1.54, 1.807) is 25.0 Å². The molecule has 114 valence electrons. The molecule has 0 bridgehead atoms. The number of nitrogens with zero attached hydrogens (tertiary/aromatic N) is 2. The van der Waals surface area contributed by atoms with Crippen molar-refractivity contribution in [2.75, 3.05) is 34.0 Å². The summed E-state index contributed by atoms with van der Waals surface area (Å²) >= 11 is 0. The van der Waals surface area contributed by atoms with Crippen molar-refractivity contribution in [1.82, 2.24) is 9.78 Å². The fraction of sp³-hybridized carbons (Fsp3) is 0.714. The Labute approximate surface area is 120 Å². The second-order valence-corrected chi connectivity index (χ2v) is 4.47. The SMILES string of the molecule is CCCCc1cc(C(=O)OCCOC)n(CCOC)n1. The van der Waals surface area contributed by atoms with Crippen molar-refractivity contribution < 1.29 is 19.0 Å². The molecule has 0 aromatic carbocycles. The van der Waals surface area contributed by atoms with Crippen LogP contribution in [0.15, 0.2) is 6.07 Å². The molecule has 0 spiro atoms. The maximum Gasteiger partial charge on any atom is 0.356 e.